The van der Waals surface area contributed by atoms with Gasteiger partial charge in [0, 0.05) is 5.69 Å². The zero-order valence-electron chi connectivity index (χ0n) is 10.6. The first-order valence-corrected chi connectivity index (χ1v) is 6.92. The van der Waals surface area contributed by atoms with Gasteiger partial charge in [0.15, 0.2) is 5.11 Å². The second-order valence-electron chi connectivity index (χ2n) is 3.91. The Morgan fingerprint density at radius 2 is 1.75 bits per heavy atom. The van der Waals surface area contributed by atoms with Gasteiger partial charge in [-0.15, -0.1) is 0 Å². The molecular weight excluding hydrogens is 315 g/mol. The lowest BCUT2D eigenvalue weighted by molar-refractivity contribution is 0.415. The van der Waals surface area contributed by atoms with Crippen molar-refractivity contribution in [2.75, 3.05) is 17.7 Å². The maximum atomic E-state index is 6.08. The van der Waals surface area contributed by atoms with Gasteiger partial charge in [0.1, 0.15) is 5.75 Å². The highest BCUT2D eigenvalue weighted by atomic mass is 35.5. The molecule has 104 valence electrons. The Hall–Kier alpha value is -1.49. The molecule has 0 saturated heterocycles. The fourth-order valence-corrected chi connectivity index (χ4v) is 2.13. The van der Waals surface area contributed by atoms with Gasteiger partial charge >= 0.3 is 0 Å². The second kappa shape index (κ2) is 6.79. The molecule has 0 amide bonds. The summed E-state index contributed by atoms with van der Waals surface area (Å²) in [5, 5.41) is 7.40. The molecule has 2 rings (SSSR count). The molecule has 0 bridgehead atoms. The third-order valence-corrected chi connectivity index (χ3v) is 3.57. The lowest BCUT2D eigenvalue weighted by Crippen LogP contribution is -2.19. The largest absolute Gasteiger partial charge is 0.497 e. The smallest absolute Gasteiger partial charge is 0.175 e. The van der Waals surface area contributed by atoms with Crippen molar-refractivity contribution < 1.29 is 4.74 Å². The molecule has 0 aliphatic rings. The molecule has 0 heterocycles. The van der Waals surface area contributed by atoms with Gasteiger partial charge in [0.2, 0.25) is 0 Å². The van der Waals surface area contributed by atoms with Crippen LogP contribution in [0.15, 0.2) is 42.5 Å². The number of nitrogens with one attached hydrogen (secondary N) is 2. The van der Waals surface area contributed by atoms with Crippen molar-refractivity contribution in [3.8, 4) is 5.75 Å². The van der Waals surface area contributed by atoms with E-state index in [1.54, 1.807) is 25.3 Å². The van der Waals surface area contributed by atoms with Crippen LogP contribution in [0.2, 0.25) is 10.0 Å². The predicted molar refractivity (Wildman–Crippen MR) is 89.3 cm³/mol. The Morgan fingerprint density at radius 3 is 2.40 bits per heavy atom. The third-order valence-electron chi connectivity index (χ3n) is 2.55. The van der Waals surface area contributed by atoms with E-state index in [1.807, 2.05) is 24.3 Å². The average molecular weight is 327 g/mol. The average Bonchev–Trinajstić information content (AvgIpc) is 2.45. The summed E-state index contributed by atoms with van der Waals surface area (Å²) in [5.41, 5.74) is 1.51. The number of methoxy groups -OCH3 is 1. The topological polar surface area (TPSA) is 33.3 Å². The molecule has 0 saturated carbocycles. The van der Waals surface area contributed by atoms with E-state index >= 15 is 0 Å². The second-order valence-corrected chi connectivity index (χ2v) is 5.10. The maximum absolute atomic E-state index is 6.08. The standard InChI is InChI=1S/C14H12Cl2N2OS/c1-19-10-7-5-9(6-8-10)17-14(20)18-12-4-2-3-11(15)13(12)16/h2-8H,1H3,(H2,17,18,20). The lowest BCUT2D eigenvalue weighted by atomic mass is 10.3. The van der Waals surface area contributed by atoms with Gasteiger partial charge in [-0.3, -0.25) is 0 Å². The van der Waals surface area contributed by atoms with Crippen molar-refractivity contribution in [2.24, 2.45) is 0 Å². The van der Waals surface area contributed by atoms with Crippen molar-refractivity contribution in [1.29, 1.82) is 0 Å². The Bertz CT molecular complexity index is 617. The maximum Gasteiger partial charge on any atom is 0.175 e. The SMILES string of the molecule is COc1ccc(NC(=S)Nc2cccc(Cl)c2Cl)cc1. The summed E-state index contributed by atoms with van der Waals surface area (Å²) < 4.78 is 5.09. The summed E-state index contributed by atoms with van der Waals surface area (Å²) in [6.07, 6.45) is 0. The number of halogens is 2. The molecule has 0 atom stereocenters. The summed E-state index contributed by atoms with van der Waals surface area (Å²) in [6.45, 7) is 0. The van der Waals surface area contributed by atoms with Crippen molar-refractivity contribution >= 4 is 51.9 Å². The molecule has 2 aromatic carbocycles. The zero-order valence-corrected chi connectivity index (χ0v) is 12.9. The van der Waals surface area contributed by atoms with Gasteiger partial charge in [-0.05, 0) is 48.6 Å². The number of thiocarbonyl (C=S) groups is 1. The Balaban J connectivity index is 2.03. The molecule has 0 spiro atoms. The molecule has 0 unspecified atom stereocenters. The lowest BCUT2D eigenvalue weighted by Gasteiger charge is -2.12. The van der Waals surface area contributed by atoms with Crippen LogP contribution in [-0.2, 0) is 0 Å². The molecule has 0 aliphatic carbocycles. The van der Waals surface area contributed by atoms with E-state index in [2.05, 4.69) is 10.6 Å². The number of rotatable bonds is 3. The quantitative estimate of drug-likeness (QED) is 0.793. The van der Waals surface area contributed by atoms with Crippen LogP contribution in [0.25, 0.3) is 0 Å². The van der Waals surface area contributed by atoms with Gasteiger partial charge in [0.25, 0.3) is 0 Å². The van der Waals surface area contributed by atoms with Gasteiger partial charge in [0.05, 0.1) is 22.8 Å². The summed E-state index contributed by atoms with van der Waals surface area (Å²) >= 11 is 17.2. The molecule has 3 nitrogen and oxygen atoms in total. The summed E-state index contributed by atoms with van der Waals surface area (Å²) in [7, 11) is 1.62. The van der Waals surface area contributed by atoms with Crippen LogP contribution in [0.3, 0.4) is 0 Å². The highest BCUT2D eigenvalue weighted by Gasteiger charge is 2.06. The molecule has 2 N–H and O–H groups in total. The molecule has 20 heavy (non-hydrogen) atoms. The van der Waals surface area contributed by atoms with Crippen LogP contribution >= 0.6 is 35.4 Å². The van der Waals surface area contributed by atoms with E-state index in [0.717, 1.165) is 11.4 Å². The van der Waals surface area contributed by atoms with Crippen molar-refractivity contribution in [1.82, 2.24) is 0 Å². The van der Waals surface area contributed by atoms with Gasteiger partial charge in [-0.2, -0.15) is 0 Å². The van der Waals surface area contributed by atoms with E-state index in [1.165, 1.54) is 0 Å². The summed E-state index contributed by atoms with van der Waals surface area (Å²) in [4.78, 5) is 0. The van der Waals surface area contributed by atoms with Crippen LogP contribution in [-0.4, -0.2) is 12.2 Å². The van der Waals surface area contributed by atoms with Crippen molar-refractivity contribution in [3.63, 3.8) is 0 Å². The molecule has 0 radical (unpaired) electrons. The minimum Gasteiger partial charge on any atom is -0.497 e. The molecule has 0 aliphatic heterocycles. The number of hydrogen-bond donors (Lipinski definition) is 2. The monoisotopic (exact) mass is 326 g/mol. The number of ether oxygens (including phenoxy) is 1. The number of anilines is 2. The van der Waals surface area contributed by atoms with E-state index in [-0.39, 0.29) is 0 Å². The van der Waals surface area contributed by atoms with Crippen LogP contribution < -0.4 is 15.4 Å². The van der Waals surface area contributed by atoms with Crippen molar-refractivity contribution in [2.45, 2.75) is 0 Å². The molecule has 0 fully saturated rings. The van der Waals surface area contributed by atoms with E-state index in [4.69, 9.17) is 40.2 Å². The van der Waals surface area contributed by atoms with Crippen molar-refractivity contribution in [3.05, 3.63) is 52.5 Å². The van der Waals surface area contributed by atoms with Gasteiger partial charge in [-0.1, -0.05) is 29.3 Å². The van der Waals surface area contributed by atoms with E-state index < -0.39 is 0 Å². The molecule has 0 aromatic heterocycles. The first-order chi connectivity index (χ1) is 9.60. The van der Waals surface area contributed by atoms with E-state index in [9.17, 15) is 0 Å². The van der Waals surface area contributed by atoms with Crippen LogP contribution in [0.5, 0.6) is 5.75 Å². The molecule has 6 heteroatoms. The third kappa shape index (κ3) is 3.76. The fraction of sp³-hybridized carbons (Fsp3) is 0.0714. The van der Waals surface area contributed by atoms with E-state index in [0.29, 0.717) is 20.8 Å². The first-order valence-electron chi connectivity index (χ1n) is 5.76. The van der Waals surface area contributed by atoms with Gasteiger partial charge in [-0.25, -0.2) is 0 Å². The molecule has 2 aromatic rings. The number of benzene rings is 2. The summed E-state index contributed by atoms with van der Waals surface area (Å²) in [6, 6.07) is 12.7. The Kier molecular flexibility index (Phi) is 5.06. The normalized spacial score (nSPS) is 9.95. The Morgan fingerprint density at radius 1 is 1.05 bits per heavy atom. The zero-order chi connectivity index (χ0) is 14.5. The minimum atomic E-state index is 0.430. The van der Waals surface area contributed by atoms with Crippen LogP contribution in [0, 0.1) is 0 Å². The predicted octanol–water partition coefficient (Wildman–Crippen LogP) is 4.81. The van der Waals surface area contributed by atoms with Crippen LogP contribution in [0.4, 0.5) is 11.4 Å². The van der Waals surface area contributed by atoms with Gasteiger partial charge < -0.3 is 15.4 Å². The highest BCUT2D eigenvalue weighted by molar-refractivity contribution is 7.80. The minimum absolute atomic E-state index is 0.430. The molecular formula is C14H12Cl2N2OS. The highest BCUT2D eigenvalue weighted by Crippen LogP contribution is 2.29. The Labute approximate surface area is 132 Å². The van der Waals surface area contributed by atoms with Crippen LogP contribution in [0.1, 0.15) is 0 Å². The summed E-state index contributed by atoms with van der Waals surface area (Å²) in [5.74, 6) is 0.785. The number of hydrogen-bond acceptors (Lipinski definition) is 2. The fourth-order valence-electron chi connectivity index (χ4n) is 1.56. The first kappa shape index (κ1) is 14.9.